The van der Waals surface area contributed by atoms with Crippen LogP contribution in [-0.2, 0) is 10.3 Å². The first kappa shape index (κ1) is 8.91. The van der Waals surface area contributed by atoms with Crippen molar-refractivity contribution in [2.75, 3.05) is 7.11 Å². The fourth-order valence-corrected chi connectivity index (χ4v) is 1.42. The van der Waals surface area contributed by atoms with Crippen LogP contribution in [0.5, 0.6) is 5.88 Å². The second-order valence-corrected chi connectivity index (χ2v) is 3.30. The average molecular weight is 190 g/mol. The Balaban J connectivity index is 2.36. The van der Waals surface area contributed by atoms with E-state index in [0.717, 1.165) is 18.5 Å². The van der Waals surface area contributed by atoms with Crippen LogP contribution in [0.1, 0.15) is 18.5 Å². The predicted molar refractivity (Wildman–Crippen MR) is 49.8 cm³/mol. The predicted octanol–water partition coefficient (Wildman–Crippen LogP) is 1.42. The minimum Gasteiger partial charge on any atom is -0.481 e. The Morgan fingerprint density at radius 2 is 2.36 bits per heavy atom. The molecule has 0 amide bonds. The van der Waals surface area contributed by atoms with Gasteiger partial charge in [0.15, 0.2) is 0 Å². The molecule has 1 aliphatic rings. The highest BCUT2D eigenvalue weighted by atomic mass is 16.5. The van der Waals surface area contributed by atoms with Crippen LogP contribution in [0.4, 0.5) is 0 Å². The molecule has 0 spiro atoms. The van der Waals surface area contributed by atoms with Gasteiger partial charge in [0, 0.05) is 6.07 Å². The van der Waals surface area contributed by atoms with Gasteiger partial charge in [0.2, 0.25) is 12.0 Å². The van der Waals surface area contributed by atoms with E-state index in [0.29, 0.717) is 5.88 Å². The molecular formula is C10H10N2O2. The first-order chi connectivity index (χ1) is 6.80. The van der Waals surface area contributed by atoms with Crippen LogP contribution in [0.2, 0.25) is 0 Å². The minimum atomic E-state index is -0.406. The third kappa shape index (κ3) is 1.40. The molecule has 0 aromatic carbocycles. The van der Waals surface area contributed by atoms with Crippen LogP contribution in [0.15, 0.2) is 23.2 Å². The quantitative estimate of drug-likeness (QED) is 0.535. The average Bonchev–Trinajstić information content (AvgIpc) is 3.00. The normalized spacial score (nSPS) is 16.9. The number of isocyanates is 1. The van der Waals surface area contributed by atoms with Gasteiger partial charge >= 0.3 is 0 Å². The van der Waals surface area contributed by atoms with Crippen molar-refractivity contribution in [2.24, 2.45) is 4.99 Å². The molecule has 0 N–H and O–H groups in total. The highest BCUT2D eigenvalue weighted by molar-refractivity contribution is 5.39. The van der Waals surface area contributed by atoms with E-state index in [9.17, 15) is 4.79 Å². The Hall–Kier alpha value is -1.67. The molecule has 0 atom stereocenters. The van der Waals surface area contributed by atoms with Crippen LogP contribution >= 0.6 is 0 Å². The van der Waals surface area contributed by atoms with E-state index < -0.39 is 5.54 Å². The molecule has 1 aromatic heterocycles. The Morgan fingerprint density at radius 3 is 2.93 bits per heavy atom. The molecule has 1 aromatic rings. The SMILES string of the molecule is COc1cccc(C2(N=C=O)CC2)n1. The van der Waals surface area contributed by atoms with E-state index in [2.05, 4.69) is 9.98 Å². The van der Waals surface area contributed by atoms with Gasteiger partial charge in [-0.3, -0.25) is 0 Å². The van der Waals surface area contributed by atoms with E-state index >= 15 is 0 Å². The number of aliphatic imine (C=N–C) groups is 1. The maximum Gasteiger partial charge on any atom is 0.235 e. The number of pyridine rings is 1. The summed E-state index contributed by atoms with van der Waals surface area (Å²) >= 11 is 0. The van der Waals surface area contributed by atoms with Crippen LogP contribution in [0, 0.1) is 0 Å². The van der Waals surface area contributed by atoms with Gasteiger partial charge in [0.25, 0.3) is 0 Å². The maximum absolute atomic E-state index is 10.2. The largest absolute Gasteiger partial charge is 0.481 e. The van der Waals surface area contributed by atoms with Crippen molar-refractivity contribution in [2.45, 2.75) is 18.4 Å². The summed E-state index contributed by atoms with van der Waals surface area (Å²) in [5.41, 5.74) is 0.385. The van der Waals surface area contributed by atoms with Gasteiger partial charge in [0.1, 0.15) is 5.54 Å². The highest BCUT2D eigenvalue weighted by Crippen LogP contribution is 2.48. The molecule has 0 aliphatic heterocycles. The fourth-order valence-electron chi connectivity index (χ4n) is 1.42. The molecule has 1 aliphatic carbocycles. The molecule has 0 unspecified atom stereocenters. The van der Waals surface area contributed by atoms with Gasteiger partial charge in [-0.05, 0) is 18.9 Å². The molecule has 14 heavy (non-hydrogen) atoms. The van der Waals surface area contributed by atoms with Crippen molar-refractivity contribution in [3.8, 4) is 5.88 Å². The lowest BCUT2D eigenvalue weighted by molar-refractivity contribution is 0.394. The second kappa shape index (κ2) is 3.24. The summed E-state index contributed by atoms with van der Waals surface area (Å²) < 4.78 is 5.00. The Labute approximate surface area is 81.6 Å². The number of nitrogens with zero attached hydrogens (tertiary/aromatic N) is 2. The molecule has 1 heterocycles. The van der Waals surface area contributed by atoms with Crippen LogP contribution in [0.25, 0.3) is 0 Å². The Kier molecular flexibility index (Phi) is 2.06. The molecule has 1 saturated carbocycles. The maximum atomic E-state index is 10.2. The van der Waals surface area contributed by atoms with Crippen LogP contribution < -0.4 is 4.74 Å². The summed E-state index contributed by atoms with van der Waals surface area (Å²) in [6.45, 7) is 0. The zero-order chi connectivity index (χ0) is 10.0. The van der Waals surface area contributed by atoms with Crippen molar-refractivity contribution >= 4 is 6.08 Å². The number of hydrogen-bond acceptors (Lipinski definition) is 4. The van der Waals surface area contributed by atoms with Crippen molar-refractivity contribution in [3.05, 3.63) is 23.9 Å². The number of methoxy groups -OCH3 is 1. The Bertz CT molecular complexity index is 393. The number of rotatable bonds is 3. The summed E-state index contributed by atoms with van der Waals surface area (Å²) in [5, 5.41) is 0. The first-order valence-corrected chi connectivity index (χ1v) is 4.41. The lowest BCUT2D eigenvalue weighted by Gasteiger charge is -2.07. The molecule has 72 valence electrons. The van der Waals surface area contributed by atoms with E-state index in [4.69, 9.17) is 4.74 Å². The number of aromatic nitrogens is 1. The molecule has 1 fully saturated rings. The molecule has 4 nitrogen and oxygen atoms in total. The van der Waals surface area contributed by atoms with Gasteiger partial charge in [-0.25, -0.2) is 9.78 Å². The van der Waals surface area contributed by atoms with E-state index in [1.54, 1.807) is 19.3 Å². The number of carbonyl (C=O) groups excluding carboxylic acids is 1. The van der Waals surface area contributed by atoms with Crippen molar-refractivity contribution in [1.82, 2.24) is 4.98 Å². The van der Waals surface area contributed by atoms with Gasteiger partial charge in [-0.15, -0.1) is 0 Å². The standard InChI is InChI=1S/C10H10N2O2/c1-14-9-4-2-3-8(12-9)10(5-6-10)11-7-13/h2-4H,5-6H2,1H3. The van der Waals surface area contributed by atoms with Crippen LogP contribution in [0.3, 0.4) is 0 Å². The van der Waals surface area contributed by atoms with Gasteiger partial charge in [0.05, 0.1) is 12.8 Å². The second-order valence-electron chi connectivity index (χ2n) is 3.30. The summed E-state index contributed by atoms with van der Waals surface area (Å²) in [4.78, 5) is 18.3. The fraction of sp³-hybridized carbons (Fsp3) is 0.400. The highest BCUT2D eigenvalue weighted by Gasteiger charge is 2.46. The van der Waals surface area contributed by atoms with Crippen LogP contribution in [-0.4, -0.2) is 18.2 Å². The van der Waals surface area contributed by atoms with Crippen molar-refractivity contribution in [3.63, 3.8) is 0 Å². The lowest BCUT2D eigenvalue weighted by atomic mass is 10.2. The van der Waals surface area contributed by atoms with Gasteiger partial charge in [-0.2, -0.15) is 4.99 Å². The van der Waals surface area contributed by atoms with Crippen molar-refractivity contribution < 1.29 is 9.53 Å². The third-order valence-corrected chi connectivity index (χ3v) is 2.39. The summed E-state index contributed by atoms with van der Waals surface area (Å²) in [6.07, 6.45) is 3.33. The number of hydrogen-bond donors (Lipinski definition) is 0. The smallest absolute Gasteiger partial charge is 0.235 e. The van der Waals surface area contributed by atoms with E-state index in [1.807, 2.05) is 12.1 Å². The molecule has 0 radical (unpaired) electrons. The van der Waals surface area contributed by atoms with E-state index in [-0.39, 0.29) is 0 Å². The molecule has 0 saturated heterocycles. The lowest BCUT2D eigenvalue weighted by Crippen LogP contribution is -2.05. The van der Waals surface area contributed by atoms with Crippen molar-refractivity contribution in [1.29, 1.82) is 0 Å². The summed E-state index contributed by atoms with van der Waals surface area (Å²) in [6, 6.07) is 5.47. The summed E-state index contributed by atoms with van der Waals surface area (Å²) in [5.74, 6) is 0.551. The van der Waals surface area contributed by atoms with Gasteiger partial charge in [-0.1, -0.05) is 6.07 Å². The zero-order valence-electron chi connectivity index (χ0n) is 7.86. The van der Waals surface area contributed by atoms with Gasteiger partial charge < -0.3 is 4.74 Å². The molecule has 4 heteroatoms. The molecule has 0 bridgehead atoms. The third-order valence-electron chi connectivity index (χ3n) is 2.39. The monoisotopic (exact) mass is 190 g/mol. The minimum absolute atomic E-state index is 0.406. The first-order valence-electron chi connectivity index (χ1n) is 4.41. The van der Waals surface area contributed by atoms with E-state index in [1.165, 1.54) is 0 Å². The zero-order valence-corrected chi connectivity index (χ0v) is 7.86. The topological polar surface area (TPSA) is 51.5 Å². The number of ether oxygens (including phenoxy) is 1. The summed E-state index contributed by atoms with van der Waals surface area (Å²) in [7, 11) is 1.56. The Morgan fingerprint density at radius 1 is 1.57 bits per heavy atom. The molecular weight excluding hydrogens is 180 g/mol. The molecule has 2 rings (SSSR count).